The van der Waals surface area contributed by atoms with E-state index in [1.807, 2.05) is 13.8 Å². The zero-order chi connectivity index (χ0) is 8.20. The summed E-state index contributed by atoms with van der Waals surface area (Å²) < 4.78 is 5.11. The van der Waals surface area contributed by atoms with Crippen molar-refractivity contribution in [2.45, 2.75) is 32.5 Å². The van der Waals surface area contributed by atoms with Crippen LogP contribution in [-0.4, -0.2) is 23.4 Å². The highest BCUT2D eigenvalue weighted by Gasteiger charge is 2.16. The Morgan fingerprint density at radius 2 is 2.20 bits per heavy atom. The topological polar surface area (TPSA) is 29.5 Å². The van der Waals surface area contributed by atoms with Gasteiger partial charge in [0.2, 0.25) is 0 Å². The molecule has 58 valence electrons. The molecule has 1 N–H and O–H groups in total. The van der Waals surface area contributed by atoms with Crippen LogP contribution in [0.2, 0.25) is 0 Å². The summed E-state index contributed by atoms with van der Waals surface area (Å²) in [4.78, 5) is 0. The fourth-order valence-corrected chi connectivity index (χ4v) is 0.371. The fraction of sp³-hybridized carbons (Fsp3) is 0.750. The van der Waals surface area contributed by atoms with Crippen LogP contribution in [0.4, 0.5) is 0 Å². The highest BCUT2D eigenvalue weighted by atomic mass is 16.5. The van der Waals surface area contributed by atoms with E-state index in [1.165, 1.54) is 0 Å². The molecule has 0 saturated heterocycles. The number of hydrogen-bond donors (Lipinski definition) is 1. The molecule has 0 saturated carbocycles. The van der Waals surface area contributed by atoms with Gasteiger partial charge in [-0.15, -0.1) is 6.42 Å². The summed E-state index contributed by atoms with van der Waals surface area (Å²) in [5, 5.41) is 9.21. The Hall–Kier alpha value is -0.520. The highest BCUT2D eigenvalue weighted by molar-refractivity contribution is 5.04. The first-order valence-corrected chi connectivity index (χ1v) is 3.29. The third-order valence-corrected chi connectivity index (χ3v) is 1.01. The van der Waals surface area contributed by atoms with Gasteiger partial charge < -0.3 is 9.84 Å². The van der Waals surface area contributed by atoms with Crippen molar-refractivity contribution in [3.05, 3.63) is 0 Å². The molecule has 0 aromatic carbocycles. The molecule has 0 rings (SSSR count). The number of hydrogen-bond acceptors (Lipinski definition) is 2. The van der Waals surface area contributed by atoms with Gasteiger partial charge in [-0.25, -0.2) is 0 Å². The van der Waals surface area contributed by atoms with E-state index in [0.29, 0.717) is 0 Å². The third-order valence-electron chi connectivity index (χ3n) is 1.01. The fourth-order valence-electron chi connectivity index (χ4n) is 0.371. The summed E-state index contributed by atoms with van der Waals surface area (Å²) in [7, 11) is 0. The van der Waals surface area contributed by atoms with Crippen molar-refractivity contribution in [3.8, 4) is 12.3 Å². The summed E-state index contributed by atoms with van der Waals surface area (Å²) in [5.74, 6) is 2.23. The normalized spacial score (nSPS) is 16.4. The molecule has 0 amide bonds. The maximum Gasteiger partial charge on any atom is 0.145 e. The average molecular weight is 142 g/mol. The van der Waals surface area contributed by atoms with Crippen LogP contribution in [0, 0.1) is 12.3 Å². The molecule has 2 nitrogen and oxygen atoms in total. The zero-order valence-electron chi connectivity index (χ0n) is 6.72. The van der Waals surface area contributed by atoms with E-state index < -0.39 is 5.60 Å². The highest BCUT2D eigenvalue weighted by Crippen LogP contribution is 2.02. The van der Waals surface area contributed by atoms with Crippen LogP contribution < -0.4 is 0 Å². The molecule has 0 unspecified atom stereocenters. The van der Waals surface area contributed by atoms with Crippen molar-refractivity contribution in [1.29, 1.82) is 0 Å². The second-order valence-corrected chi connectivity index (χ2v) is 2.78. The smallest absolute Gasteiger partial charge is 0.145 e. The molecular formula is C8H14O2. The van der Waals surface area contributed by atoms with E-state index >= 15 is 0 Å². The minimum Gasteiger partial charge on any atom is -0.375 e. The summed E-state index contributed by atoms with van der Waals surface area (Å²) in [5.41, 5.74) is -1.12. The minimum absolute atomic E-state index is 0.111. The summed E-state index contributed by atoms with van der Waals surface area (Å²) in [6, 6.07) is 0. The van der Waals surface area contributed by atoms with Gasteiger partial charge in [0.25, 0.3) is 0 Å². The Bertz CT molecular complexity index is 131. The molecule has 0 bridgehead atoms. The molecule has 0 spiro atoms. The molecule has 0 aliphatic carbocycles. The Balaban J connectivity index is 3.60. The summed E-state index contributed by atoms with van der Waals surface area (Å²) >= 11 is 0. The van der Waals surface area contributed by atoms with Crippen molar-refractivity contribution >= 4 is 0 Å². The first kappa shape index (κ1) is 9.48. The quantitative estimate of drug-likeness (QED) is 0.590. The Labute approximate surface area is 62.2 Å². The van der Waals surface area contributed by atoms with Gasteiger partial charge in [-0.3, -0.25) is 0 Å². The number of ether oxygens (including phenoxy) is 1. The molecule has 10 heavy (non-hydrogen) atoms. The van der Waals surface area contributed by atoms with Crippen LogP contribution in [0.25, 0.3) is 0 Å². The van der Waals surface area contributed by atoms with Crippen LogP contribution >= 0.6 is 0 Å². The van der Waals surface area contributed by atoms with Gasteiger partial charge >= 0.3 is 0 Å². The van der Waals surface area contributed by atoms with Gasteiger partial charge in [-0.05, 0) is 20.8 Å². The van der Waals surface area contributed by atoms with E-state index in [9.17, 15) is 5.11 Å². The lowest BCUT2D eigenvalue weighted by Gasteiger charge is -2.17. The molecule has 0 radical (unpaired) electrons. The van der Waals surface area contributed by atoms with Crippen LogP contribution in [0.1, 0.15) is 20.8 Å². The minimum atomic E-state index is -1.12. The predicted molar refractivity (Wildman–Crippen MR) is 40.5 cm³/mol. The van der Waals surface area contributed by atoms with Crippen molar-refractivity contribution in [3.63, 3.8) is 0 Å². The maximum absolute atomic E-state index is 9.21. The van der Waals surface area contributed by atoms with Crippen molar-refractivity contribution in [2.75, 3.05) is 6.61 Å². The van der Waals surface area contributed by atoms with Crippen LogP contribution in [0.5, 0.6) is 0 Å². The second-order valence-electron chi connectivity index (χ2n) is 2.78. The predicted octanol–water partition coefficient (Wildman–Crippen LogP) is 0.796. The lowest BCUT2D eigenvalue weighted by atomic mass is 10.1. The van der Waals surface area contributed by atoms with Gasteiger partial charge in [0.05, 0.1) is 12.7 Å². The van der Waals surface area contributed by atoms with E-state index in [-0.39, 0.29) is 12.7 Å². The van der Waals surface area contributed by atoms with E-state index in [0.717, 1.165) is 0 Å². The van der Waals surface area contributed by atoms with Crippen LogP contribution in [0.15, 0.2) is 0 Å². The Kier molecular flexibility index (Phi) is 3.41. The van der Waals surface area contributed by atoms with Crippen LogP contribution in [0.3, 0.4) is 0 Å². The first-order valence-electron chi connectivity index (χ1n) is 3.29. The van der Waals surface area contributed by atoms with E-state index in [4.69, 9.17) is 11.2 Å². The molecule has 0 heterocycles. The molecule has 2 heteroatoms. The molecule has 0 aliphatic heterocycles. The maximum atomic E-state index is 9.21. The van der Waals surface area contributed by atoms with Crippen molar-refractivity contribution < 1.29 is 9.84 Å². The SMILES string of the molecule is C#C[C@](C)(O)COC(C)C. The van der Waals surface area contributed by atoms with Gasteiger partial charge in [-0.1, -0.05) is 5.92 Å². The molecular weight excluding hydrogens is 128 g/mol. The summed E-state index contributed by atoms with van der Waals surface area (Å²) in [6.45, 7) is 5.54. The average Bonchev–Trinajstić information content (AvgIpc) is 1.85. The first-order chi connectivity index (χ1) is 4.48. The van der Waals surface area contributed by atoms with Gasteiger partial charge in [-0.2, -0.15) is 0 Å². The standard InChI is InChI=1S/C8H14O2/c1-5-8(4,9)6-10-7(2)3/h1,7,9H,6H2,2-4H3/t8-/m0/s1. The number of aliphatic hydroxyl groups is 1. The molecule has 0 fully saturated rings. The van der Waals surface area contributed by atoms with E-state index in [1.54, 1.807) is 6.92 Å². The monoisotopic (exact) mass is 142 g/mol. The van der Waals surface area contributed by atoms with Crippen LogP contribution in [-0.2, 0) is 4.74 Å². The molecule has 0 aromatic rings. The van der Waals surface area contributed by atoms with E-state index in [2.05, 4.69) is 5.92 Å². The molecule has 0 aliphatic rings. The Morgan fingerprint density at radius 1 is 1.70 bits per heavy atom. The van der Waals surface area contributed by atoms with Gasteiger partial charge in [0.1, 0.15) is 5.60 Å². The summed E-state index contributed by atoms with van der Waals surface area (Å²) in [6.07, 6.45) is 5.12. The van der Waals surface area contributed by atoms with Crippen molar-refractivity contribution in [2.24, 2.45) is 0 Å². The molecule has 0 aromatic heterocycles. The lowest BCUT2D eigenvalue weighted by Crippen LogP contribution is -2.29. The number of rotatable bonds is 3. The zero-order valence-corrected chi connectivity index (χ0v) is 6.72. The lowest BCUT2D eigenvalue weighted by molar-refractivity contribution is -0.0206. The largest absolute Gasteiger partial charge is 0.375 e. The second kappa shape index (κ2) is 3.60. The third kappa shape index (κ3) is 4.37. The van der Waals surface area contributed by atoms with Crippen molar-refractivity contribution in [1.82, 2.24) is 0 Å². The number of terminal acetylenes is 1. The Morgan fingerprint density at radius 3 is 2.50 bits per heavy atom. The van der Waals surface area contributed by atoms with Gasteiger partial charge in [0, 0.05) is 0 Å². The van der Waals surface area contributed by atoms with Gasteiger partial charge in [0.15, 0.2) is 0 Å². The molecule has 1 atom stereocenters.